The van der Waals surface area contributed by atoms with Gasteiger partial charge >= 0.3 is 17.8 Å². The Labute approximate surface area is 94.1 Å². The lowest BCUT2D eigenvalue weighted by molar-refractivity contribution is -0.279. The first-order valence-electron chi connectivity index (χ1n) is 4.91. The molecule has 0 aliphatic heterocycles. The standard InChI is InChI=1S/C10H11F5O2/c1-6(7(16)17)5-8(11)3-2-4-9(12,13)10(8,14)15/h5H,2-4H2,1H3,(H,16,17). The SMILES string of the molecule is CC(=CC1(F)CCCC(F)(F)C1(F)F)C(=O)O. The summed E-state index contributed by atoms with van der Waals surface area (Å²) in [6.45, 7) is 0.881. The van der Waals surface area contributed by atoms with E-state index in [0.29, 0.717) is 0 Å². The van der Waals surface area contributed by atoms with Crippen molar-refractivity contribution in [2.45, 2.75) is 43.7 Å². The van der Waals surface area contributed by atoms with Gasteiger partial charge in [0.2, 0.25) is 0 Å². The summed E-state index contributed by atoms with van der Waals surface area (Å²) in [6.07, 6.45) is -2.27. The second kappa shape index (κ2) is 3.96. The maximum atomic E-state index is 13.9. The second-order valence-electron chi connectivity index (χ2n) is 4.13. The number of carbonyl (C=O) groups is 1. The van der Waals surface area contributed by atoms with E-state index in [4.69, 9.17) is 5.11 Å². The predicted octanol–water partition coefficient (Wildman–Crippen LogP) is 3.18. The summed E-state index contributed by atoms with van der Waals surface area (Å²) in [6, 6.07) is 0. The van der Waals surface area contributed by atoms with Crippen molar-refractivity contribution in [1.82, 2.24) is 0 Å². The van der Waals surface area contributed by atoms with Crippen molar-refractivity contribution in [3.05, 3.63) is 11.6 Å². The normalized spacial score (nSPS) is 32.2. The number of aliphatic carboxylic acids is 1. The Morgan fingerprint density at radius 2 is 1.71 bits per heavy atom. The Balaban J connectivity index is 3.19. The Kier molecular flexibility index (Phi) is 3.24. The van der Waals surface area contributed by atoms with Crippen LogP contribution in [0.25, 0.3) is 0 Å². The van der Waals surface area contributed by atoms with Gasteiger partial charge in [-0.15, -0.1) is 0 Å². The largest absolute Gasteiger partial charge is 0.478 e. The van der Waals surface area contributed by atoms with Crippen molar-refractivity contribution >= 4 is 5.97 Å². The predicted molar refractivity (Wildman–Crippen MR) is 49.0 cm³/mol. The van der Waals surface area contributed by atoms with E-state index in [1.807, 2.05) is 0 Å². The van der Waals surface area contributed by atoms with Crippen LogP contribution < -0.4 is 0 Å². The van der Waals surface area contributed by atoms with Gasteiger partial charge in [0.1, 0.15) is 0 Å². The van der Waals surface area contributed by atoms with E-state index in [0.717, 1.165) is 6.92 Å². The Hall–Kier alpha value is -1.14. The highest BCUT2D eigenvalue weighted by atomic mass is 19.3. The molecule has 1 saturated carbocycles. The van der Waals surface area contributed by atoms with Crippen molar-refractivity contribution in [3.63, 3.8) is 0 Å². The number of allylic oxidation sites excluding steroid dienone is 1. The van der Waals surface area contributed by atoms with Crippen LogP contribution in [0.5, 0.6) is 0 Å². The smallest absolute Gasteiger partial charge is 0.346 e. The topological polar surface area (TPSA) is 37.3 Å². The first-order chi connectivity index (χ1) is 7.53. The van der Waals surface area contributed by atoms with Crippen LogP contribution in [0, 0.1) is 0 Å². The second-order valence-corrected chi connectivity index (χ2v) is 4.13. The molecule has 0 amide bonds. The molecular weight excluding hydrogens is 247 g/mol. The first kappa shape index (κ1) is 13.9. The molecule has 0 aromatic carbocycles. The Morgan fingerprint density at radius 1 is 1.18 bits per heavy atom. The van der Waals surface area contributed by atoms with Gasteiger partial charge in [-0.2, -0.15) is 17.6 Å². The third-order valence-corrected chi connectivity index (χ3v) is 2.80. The molecule has 2 nitrogen and oxygen atoms in total. The molecule has 0 radical (unpaired) electrons. The van der Waals surface area contributed by atoms with Gasteiger partial charge in [0, 0.05) is 12.0 Å². The molecule has 0 bridgehead atoms. The van der Waals surface area contributed by atoms with Gasteiger partial charge in [-0.05, 0) is 25.8 Å². The quantitative estimate of drug-likeness (QED) is 0.610. The van der Waals surface area contributed by atoms with Gasteiger partial charge in [0.25, 0.3) is 0 Å². The molecule has 0 aromatic rings. The summed E-state index contributed by atoms with van der Waals surface area (Å²) in [4.78, 5) is 10.4. The number of alkyl halides is 5. The molecule has 98 valence electrons. The lowest BCUT2D eigenvalue weighted by Crippen LogP contribution is -2.58. The van der Waals surface area contributed by atoms with Gasteiger partial charge in [-0.25, -0.2) is 9.18 Å². The molecule has 0 saturated heterocycles. The number of hydrogen-bond donors (Lipinski definition) is 1. The molecular formula is C10H11F5O2. The molecule has 0 heterocycles. The van der Waals surface area contributed by atoms with Crippen molar-refractivity contribution in [2.75, 3.05) is 0 Å². The molecule has 1 aliphatic rings. The number of rotatable bonds is 2. The van der Waals surface area contributed by atoms with Crippen molar-refractivity contribution in [1.29, 1.82) is 0 Å². The fourth-order valence-corrected chi connectivity index (χ4v) is 1.75. The highest BCUT2D eigenvalue weighted by Gasteiger charge is 2.70. The number of halogens is 5. The minimum Gasteiger partial charge on any atom is -0.478 e. The van der Waals surface area contributed by atoms with E-state index in [1.165, 1.54) is 0 Å². The molecule has 17 heavy (non-hydrogen) atoms. The summed E-state index contributed by atoms with van der Waals surface area (Å²) in [5, 5.41) is 8.46. The molecule has 1 fully saturated rings. The molecule has 1 atom stereocenters. The third kappa shape index (κ3) is 2.14. The molecule has 1 N–H and O–H groups in total. The average Bonchev–Trinajstić information content (AvgIpc) is 2.14. The third-order valence-electron chi connectivity index (χ3n) is 2.80. The Morgan fingerprint density at radius 3 is 2.18 bits per heavy atom. The van der Waals surface area contributed by atoms with Crippen molar-refractivity contribution in [2.24, 2.45) is 0 Å². The molecule has 1 aliphatic carbocycles. The van der Waals surface area contributed by atoms with Crippen LogP contribution in [0.15, 0.2) is 11.6 Å². The van der Waals surface area contributed by atoms with Crippen LogP contribution in [-0.4, -0.2) is 28.6 Å². The number of carboxylic acid groups (broad SMARTS) is 1. The first-order valence-corrected chi connectivity index (χ1v) is 4.91. The minimum atomic E-state index is -4.89. The molecule has 0 aromatic heterocycles. The van der Waals surface area contributed by atoms with Crippen LogP contribution in [0.4, 0.5) is 22.0 Å². The lowest BCUT2D eigenvalue weighted by atomic mass is 9.79. The summed E-state index contributed by atoms with van der Waals surface area (Å²) in [7, 11) is 0. The monoisotopic (exact) mass is 258 g/mol. The van der Waals surface area contributed by atoms with E-state index in [-0.39, 0.29) is 6.08 Å². The molecule has 0 spiro atoms. The summed E-state index contributed by atoms with van der Waals surface area (Å²) < 4.78 is 66.4. The van der Waals surface area contributed by atoms with Crippen LogP contribution in [-0.2, 0) is 4.79 Å². The highest BCUT2D eigenvalue weighted by molar-refractivity contribution is 5.86. The number of carboxylic acids is 1. The highest BCUT2D eigenvalue weighted by Crippen LogP contribution is 2.53. The summed E-state index contributed by atoms with van der Waals surface area (Å²) in [5.74, 6) is -11.0. The van der Waals surface area contributed by atoms with Gasteiger partial charge in [0.15, 0.2) is 5.67 Å². The van der Waals surface area contributed by atoms with Gasteiger partial charge in [-0.1, -0.05) is 0 Å². The average molecular weight is 258 g/mol. The van der Waals surface area contributed by atoms with Gasteiger partial charge in [0.05, 0.1) is 0 Å². The fraction of sp³-hybridized carbons (Fsp3) is 0.700. The zero-order chi connectivity index (χ0) is 13.5. The van der Waals surface area contributed by atoms with E-state index < -0.39 is 48.3 Å². The fourth-order valence-electron chi connectivity index (χ4n) is 1.75. The zero-order valence-corrected chi connectivity index (χ0v) is 8.94. The molecule has 1 unspecified atom stereocenters. The summed E-state index contributed by atoms with van der Waals surface area (Å²) in [5.41, 5.74) is -4.33. The van der Waals surface area contributed by atoms with Crippen LogP contribution in [0.2, 0.25) is 0 Å². The number of hydrogen-bond acceptors (Lipinski definition) is 1. The van der Waals surface area contributed by atoms with Crippen LogP contribution in [0.1, 0.15) is 26.2 Å². The van der Waals surface area contributed by atoms with Crippen molar-refractivity contribution < 1.29 is 31.9 Å². The minimum absolute atomic E-state index is 0.0857. The zero-order valence-electron chi connectivity index (χ0n) is 8.94. The Bertz CT molecular complexity index is 364. The van der Waals surface area contributed by atoms with Crippen LogP contribution in [0.3, 0.4) is 0 Å². The lowest BCUT2D eigenvalue weighted by Gasteiger charge is -2.40. The maximum Gasteiger partial charge on any atom is 0.346 e. The van der Waals surface area contributed by atoms with Crippen LogP contribution >= 0.6 is 0 Å². The van der Waals surface area contributed by atoms with Gasteiger partial charge in [-0.3, -0.25) is 0 Å². The summed E-state index contributed by atoms with van der Waals surface area (Å²) >= 11 is 0. The van der Waals surface area contributed by atoms with Gasteiger partial charge < -0.3 is 5.11 Å². The maximum absolute atomic E-state index is 13.9. The van der Waals surface area contributed by atoms with E-state index in [9.17, 15) is 26.7 Å². The van der Waals surface area contributed by atoms with Crippen molar-refractivity contribution in [3.8, 4) is 0 Å². The van der Waals surface area contributed by atoms with E-state index in [1.54, 1.807) is 0 Å². The molecule has 7 heteroatoms. The van der Waals surface area contributed by atoms with E-state index in [2.05, 4.69) is 0 Å². The van der Waals surface area contributed by atoms with E-state index >= 15 is 0 Å². The molecule has 1 rings (SSSR count).